The molecule has 1 saturated heterocycles. The van der Waals surface area contributed by atoms with Crippen LogP contribution in [0.4, 0.5) is 0 Å². The first-order chi connectivity index (χ1) is 10.0. The number of likely N-dealkylation sites (N-methyl/N-ethyl adjacent to an activating group) is 1. The van der Waals surface area contributed by atoms with Gasteiger partial charge in [-0.15, -0.1) is 0 Å². The summed E-state index contributed by atoms with van der Waals surface area (Å²) in [5.41, 5.74) is 0.902. The number of nitrogens with zero attached hydrogens (tertiary/aromatic N) is 2. The van der Waals surface area contributed by atoms with Gasteiger partial charge in [-0.1, -0.05) is 25.1 Å². The Hall–Kier alpha value is -1.10. The van der Waals surface area contributed by atoms with Gasteiger partial charge in [0.1, 0.15) is 5.75 Å². The lowest BCUT2D eigenvalue weighted by Crippen LogP contribution is -2.42. The third-order valence-corrected chi connectivity index (χ3v) is 4.30. The summed E-state index contributed by atoms with van der Waals surface area (Å²) in [6.45, 7) is 6.52. The molecule has 118 valence electrons. The summed E-state index contributed by atoms with van der Waals surface area (Å²) in [5.74, 6) is 1.14. The molecule has 0 bridgehead atoms. The molecule has 1 aliphatic heterocycles. The zero-order chi connectivity index (χ0) is 15.2. The van der Waals surface area contributed by atoms with Crippen molar-refractivity contribution < 1.29 is 10.2 Å². The van der Waals surface area contributed by atoms with Crippen LogP contribution in [0.15, 0.2) is 24.3 Å². The molecule has 1 unspecified atom stereocenters. The maximum atomic E-state index is 10.2. The predicted molar refractivity (Wildman–Crippen MR) is 85.3 cm³/mol. The van der Waals surface area contributed by atoms with Gasteiger partial charge in [-0.25, -0.2) is 0 Å². The van der Waals surface area contributed by atoms with Crippen molar-refractivity contribution in [2.45, 2.75) is 32.4 Å². The standard InChI is InChI=1S/C17H28N2O2/c1-14-7-9-19(10-8-14)13-16(20)12-18(2)11-15-5-3-4-6-17(15)21/h3-6,14,16,20-21H,7-13H2,1-2H3. The van der Waals surface area contributed by atoms with Gasteiger partial charge in [0.15, 0.2) is 0 Å². The van der Waals surface area contributed by atoms with Crippen molar-refractivity contribution in [3.05, 3.63) is 29.8 Å². The van der Waals surface area contributed by atoms with Crippen molar-refractivity contribution in [1.82, 2.24) is 9.80 Å². The molecule has 1 aromatic carbocycles. The van der Waals surface area contributed by atoms with E-state index in [1.807, 2.05) is 25.2 Å². The lowest BCUT2D eigenvalue weighted by molar-refractivity contribution is 0.0661. The number of phenols is 1. The number of aliphatic hydroxyl groups excluding tert-OH is 1. The number of aliphatic hydroxyl groups is 1. The minimum atomic E-state index is -0.339. The van der Waals surface area contributed by atoms with Crippen LogP contribution < -0.4 is 0 Å². The number of phenolic OH excluding ortho intramolecular Hbond substituents is 1. The molecule has 21 heavy (non-hydrogen) atoms. The Morgan fingerprint density at radius 2 is 1.95 bits per heavy atom. The molecule has 0 aliphatic carbocycles. The van der Waals surface area contributed by atoms with Crippen LogP contribution in [0.5, 0.6) is 5.75 Å². The number of hydrogen-bond acceptors (Lipinski definition) is 4. The first-order valence-electron chi connectivity index (χ1n) is 7.90. The van der Waals surface area contributed by atoms with Gasteiger partial charge in [0.25, 0.3) is 0 Å². The Kier molecular flexibility index (Phi) is 6.03. The summed E-state index contributed by atoms with van der Waals surface area (Å²) < 4.78 is 0. The van der Waals surface area contributed by atoms with Crippen LogP contribution in [0.25, 0.3) is 0 Å². The second-order valence-corrected chi connectivity index (χ2v) is 6.46. The zero-order valence-electron chi connectivity index (χ0n) is 13.2. The van der Waals surface area contributed by atoms with Crippen molar-refractivity contribution >= 4 is 0 Å². The van der Waals surface area contributed by atoms with Crippen LogP contribution in [-0.4, -0.2) is 59.3 Å². The molecular formula is C17H28N2O2. The molecule has 4 heteroatoms. The molecule has 0 amide bonds. The van der Waals surface area contributed by atoms with E-state index in [1.54, 1.807) is 6.07 Å². The van der Waals surface area contributed by atoms with Crippen molar-refractivity contribution in [2.75, 3.05) is 33.2 Å². The third kappa shape index (κ3) is 5.30. The SMILES string of the molecule is CC1CCN(CC(O)CN(C)Cc2ccccc2O)CC1. The Morgan fingerprint density at radius 1 is 1.29 bits per heavy atom. The molecular weight excluding hydrogens is 264 g/mol. The zero-order valence-corrected chi connectivity index (χ0v) is 13.2. The van der Waals surface area contributed by atoms with Crippen LogP contribution in [0.3, 0.4) is 0 Å². The number of β-amino-alcohol motifs (C(OH)–C–C–N with tert-alkyl or cyclic N) is 1. The molecule has 0 aromatic heterocycles. The fourth-order valence-corrected chi connectivity index (χ4v) is 2.96. The van der Waals surface area contributed by atoms with E-state index in [9.17, 15) is 10.2 Å². The van der Waals surface area contributed by atoms with Gasteiger partial charge in [-0.3, -0.25) is 4.90 Å². The minimum absolute atomic E-state index is 0.323. The van der Waals surface area contributed by atoms with Crippen LogP contribution in [0, 0.1) is 5.92 Å². The number of hydrogen-bond donors (Lipinski definition) is 2. The van der Waals surface area contributed by atoms with Crippen molar-refractivity contribution in [2.24, 2.45) is 5.92 Å². The number of piperidine rings is 1. The Bertz CT molecular complexity index is 431. The topological polar surface area (TPSA) is 46.9 Å². The number of para-hydroxylation sites is 1. The highest BCUT2D eigenvalue weighted by molar-refractivity contribution is 5.31. The van der Waals surface area contributed by atoms with Crippen LogP contribution in [-0.2, 0) is 6.54 Å². The lowest BCUT2D eigenvalue weighted by atomic mass is 9.99. The predicted octanol–water partition coefficient (Wildman–Crippen LogP) is 1.92. The van der Waals surface area contributed by atoms with E-state index in [0.717, 1.165) is 31.1 Å². The van der Waals surface area contributed by atoms with Crippen molar-refractivity contribution in [1.29, 1.82) is 0 Å². The quantitative estimate of drug-likeness (QED) is 0.841. The Morgan fingerprint density at radius 3 is 2.62 bits per heavy atom. The summed E-state index contributed by atoms with van der Waals surface area (Å²) in [6, 6.07) is 7.37. The smallest absolute Gasteiger partial charge is 0.120 e. The van der Waals surface area contributed by atoms with Gasteiger partial charge in [0.05, 0.1) is 6.10 Å². The average Bonchev–Trinajstić information content (AvgIpc) is 2.44. The van der Waals surface area contributed by atoms with Crippen molar-refractivity contribution in [3.8, 4) is 5.75 Å². The highest BCUT2D eigenvalue weighted by Crippen LogP contribution is 2.18. The highest BCUT2D eigenvalue weighted by Gasteiger charge is 2.19. The van der Waals surface area contributed by atoms with E-state index < -0.39 is 0 Å². The van der Waals surface area contributed by atoms with Gasteiger partial charge in [0, 0.05) is 25.2 Å². The fourth-order valence-electron chi connectivity index (χ4n) is 2.96. The molecule has 1 aromatic rings. The number of benzene rings is 1. The lowest BCUT2D eigenvalue weighted by Gasteiger charge is -2.32. The van der Waals surface area contributed by atoms with Gasteiger partial charge in [0.2, 0.25) is 0 Å². The summed E-state index contributed by atoms with van der Waals surface area (Å²) in [4.78, 5) is 4.42. The molecule has 0 saturated carbocycles. The molecule has 1 atom stereocenters. The maximum absolute atomic E-state index is 10.2. The summed E-state index contributed by atoms with van der Waals surface area (Å²) in [7, 11) is 1.98. The number of aromatic hydroxyl groups is 1. The Labute approximate surface area is 128 Å². The van der Waals surface area contributed by atoms with Crippen LogP contribution in [0.1, 0.15) is 25.3 Å². The normalized spacial score (nSPS) is 19.0. The second-order valence-electron chi connectivity index (χ2n) is 6.46. The number of rotatable bonds is 6. The first-order valence-corrected chi connectivity index (χ1v) is 7.90. The van der Waals surface area contributed by atoms with Gasteiger partial charge < -0.3 is 15.1 Å². The monoisotopic (exact) mass is 292 g/mol. The maximum Gasteiger partial charge on any atom is 0.120 e. The van der Waals surface area contributed by atoms with E-state index in [2.05, 4.69) is 16.7 Å². The summed E-state index contributed by atoms with van der Waals surface area (Å²) in [5, 5.41) is 20.0. The van der Waals surface area contributed by atoms with Crippen molar-refractivity contribution in [3.63, 3.8) is 0 Å². The third-order valence-electron chi connectivity index (χ3n) is 4.30. The Balaban J connectivity index is 1.74. The average molecular weight is 292 g/mol. The van der Waals surface area contributed by atoms with Crippen LogP contribution >= 0.6 is 0 Å². The molecule has 2 N–H and O–H groups in total. The molecule has 4 nitrogen and oxygen atoms in total. The molecule has 2 rings (SSSR count). The van der Waals surface area contributed by atoms with E-state index in [0.29, 0.717) is 18.8 Å². The van der Waals surface area contributed by atoms with E-state index in [-0.39, 0.29) is 6.10 Å². The second kappa shape index (κ2) is 7.78. The molecule has 1 fully saturated rings. The summed E-state index contributed by atoms with van der Waals surface area (Å²) in [6.07, 6.45) is 2.13. The van der Waals surface area contributed by atoms with Gasteiger partial charge in [-0.2, -0.15) is 0 Å². The molecule has 1 heterocycles. The fraction of sp³-hybridized carbons (Fsp3) is 0.647. The molecule has 0 radical (unpaired) electrons. The minimum Gasteiger partial charge on any atom is -0.508 e. The largest absolute Gasteiger partial charge is 0.508 e. The molecule has 1 aliphatic rings. The van der Waals surface area contributed by atoms with E-state index in [4.69, 9.17) is 0 Å². The van der Waals surface area contributed by atoms with E-state index >= 15 is 0 Å². The molecule has 0 spiro atoms. The summed E-state index contributed by atoms with van der Waals surface area (Å²) >= 11 is 0. The van der Waals surface area contributed by atoms with E-state index in [1.165, 1.54) is 12.8 Å². The van der Waals surface area contributed by atoms with Crippen LogP contribution in [0.2, 0.25) is 0 Å². The van der Waals surface area contributed by atoms with Gasteiger partial charge in [-0.05, 0) is 45.0 Å². The number of likely N-dealkylation sites (tertiary alicyclic amines) is 1. The van der Waals surface area contributed by atoms with Gasteiger partial charge >= 0.3 is 0 Å². The first kappa shape index (κ1) is 16.3. The highest BCUT2D eigenvalue weighted by atomic mass is 16.3.